The summed E-state index contributed by atoms with van der Waals surface area (Å²) in [6.45, 7) is 6.62. The zero-order valence-corrected chi connectivity index (χ0v) is 22.9. The fourth-order valence-electron chi connectivity index (χ4n) is 4.49. The number of carbonyl (C=O) groups excluding carboxylic acids is 1. The summed E-state index contributed by atoms with van der Waals surface area (Å²) < 4.78 is 31.3. The molecule has 3 aromatic rings. The Hall–Kier alpha value is -3.59. The molecule has 0 aliphatic rings. The molecule has 0 radical (unpaired) electrons. The Kier molecular flexibility index (Phi) is 8.41. The summed E-state index contributed by atoms with van der Waals surface area (Å²) in [6, 6.07) is 6.75. The van der Waals surface area contributed by atoms with E-state index in [9.17, 15) is 23.9 Å². The molecule has 2 aromatic carbocycles. The number of nitrogens with zero attached hydrogens (tertiary/aromatic N) is 3. The van der Waals surface area contributed by atoms with Crippen LogP contribution in [0.3, 0.4) is 0 Å². The number of aliphatic carboxylic acids is 1. The standard InChI is InChI=1S/C28H30ClF2N3O4/c1-7-33(5)25(35)18-11-9-16(14-21(18)31)8-10-17-19(29)12-13-20(30)22(17)23-24(28(3,4)27(37)38)15(2)32-34(6)26(23)36/h9,11-14H,7-8,10H2,1-6H3,(H,37,38). The normalized spacial score (nSPS) is 11.5. The zero-order chi connectivity index (χ0) is 28.5. The van der Waals surface area contributed by atoms with Crippen molar-refractivity contribution in [3.05, 3.63) is 85.3 Å². The van der Waals surface area contributed by atoms with Crippen LogP contribution in [0.1, 0.15) is 53.5 Å². The summed E-state index contributed by atoms with van der Waals surface area (Å²) in [5, 5.41) is 14.2. The van der Waals surface area contributed by atoms with Gasteiger partial charge in [0.1, 0.15) is 11.6 Å². The lowest BCUT2D eigenvalue weighted by atomic mass is 9.78. The molecule has 3 rings (SSSR count). The molecule has 0 saturated carbocycles. The van der Waals surface area contributed by atoms with Gasteiger partial charge in [0.15, 0.2) is 0 Å². The summed E-state index contributed by atoms with van der Waals surface area (Å²) in [5.74, 6) is -3.07. The summed E-state index contributed by atoms with van der Waals surface area (Å²) in [6.07, 6.45) is 0.332. The predicted molar refractivity (Wildman–Crippen MR) is 142 cm³/mol. The summed E-state index contributed by atoms with van der Waals surface area (Å²) in [4.78, 5) is 39.3. The van der Waals surface area contributed by atoms with E-state index in [-0.39, 0.29) is 51.4 Å². The molecular weight excluding hydrogens is 516 g/mol. The van der Waals surface area contributed by atoms with Gasteiger partial charge in [-0.25, -0.2) is 13.5 Å². The summed E-state index contributed by atoms with van der Waals surface area (Å²) in [5.41, 5.74) is -1.36. The minimum absolute atomic E-state index is 0.0566. The minimum Gasteiger partial charge on any atom is -0.481 e. The van der Waals surface area contributed by atoms with Crippen molar-refractivity contribution in [2.45, 2.75) is 46.0 Å². The highest BCUT2D eigenvalue weighted by atomic mass is 35.5. The molecule has 10 heteroatoms. The van der Waals surface area contributed by atoms with Crippen molar-refractivity contribution >= 4 is 23.5 Å². The van der Waals surface area contributed by atoms with Gasteiger partial charge in [0, 0.05) is 36.8 Å². The van der Waals surface area contributed by atoms with Crippen molar-refractivity contribution in [2.24, 2.45) is 7.05 Å². The highest BCUT2D eigenvalue weighted by molar-refractivity contribution is 6.31. The molecule has 0 aliphatic carbocycles. The first-order chi connectivity index (χ1) is 17.7. The second-order valence-corrected chi connectivity index (χ2v) is 10.1. The fraction of sp³-hybridized carbons (Fsp3) is 0.357. The quantitative estimate of drug-likeness (QED) is 0.433. The number of hydrogen-bond donors (Lipinski definition) is 1. The Morgan fingerprint density at radius 3 is 2.34 bits per heavy atom. The number of carbonyl (C=O) groups is 2. The van der Waals surface area contributed by atoms with E-state index in [0.29, 0.717) is 12.1 Å². The van der Waals surface area contributed by atoms with Gasteiger partial charge in [-0.05, 0) is 75.9 Å². The first kappa shape index (κ1) is 29.0. The van der Waals surface area contributed by atoms with Crippen LogP contribution in [-0.4, -0.2) is 45.3 Å². The second kappa shape index (κ2) is 11.0. The van der Waals surface area contributed by atoms with Crippen LogP contribution in [0.2, 0.25) is 5.02 Å². The largest absolute Gasteiger partial charge is 0.481 e. The van der Waals surface area contributed by atoms with Gasteiger partial charge in [0.25, 0.3) is 11.5 Å². The van der Waals surface area contributed by atoms with Crippen molar-refractivity contribution in [3.63, 3.8) is 0 Å². The molecule has 1 heterocycles. The molecule has 0 spiro atoms. The van der Waals surface area contributed by atoms with Crippen LogP contribution < -0.4 is 5.56 Å². The van der Waals surface area contributed by atoms with Gasteiger partial charge in [-0.15, -0.1) is 0 Å². The third-order valence-corrected chi connectivity index (χ3v) is 7.14. The number of aromatic nitrogens is 2. The third kappa shape index (κ3) is 5.34. The van der Waals surface area contributed by atoms with Gasteiger partial charge in [-0.2, -0.15) is 5.10 Å². The maximum absolute atomic E-state index is 15.5. The van der Waals surface area contributed by atoms with Crippen LogP contribution in [-0.2, 0) is 30.1 Å². The maximum atomic E-state index is 15.5. The predicted octanol–water partition coefficient (Wildman–Crippen LogP) is 4.93. The van der Waals surface area contributed by atoms with Crippen LogP contribution in [0, 0.1) is 18.6 Å². The van der Waals surface area contributed by atoms with E-state index < -0.39 is 34.5 Å². The number of benzene rings is 2. The molecule has 0 unspecified atom stereocenters. The molecular formula is C28H30ClF2N3O4. The molecule has 1 amide bonds. The maximum Gasteiger partial charge on any atom is 0.313 e. The summed E-state index contributed by atoms with van der Waals surface area (Å²) in [7, 11) is 2.98. The molecule has 7 nitrogen and oxygen atoms in total. The third-order valence-electron chi connectivity index (χ3n) is 6.78. The lowest BCUT2D eigenvalue weighted by Gasteiger charge is -2.26. The highest BCUT2D eigenvalue weighted by Crippen LogP contribution is 2.38. The van der Waals surface area contributed by atoms with Crippen molar-refractivity contribution in [1.29, 1.82) is 0 Å². The molecule has 0 saturated heterocycles. The molecule has 0 atom stereocenters. The van der Waals surface area contributed by atoms with E-state index in [0.717, 1.165) is 10.7 Å². The van der Waals surface area contributed by atoms with Crippen molar-refractivity contribution < 1.29 is 23.5 Å². The molecule has 0 aliphatic heterocycles. The van der Waals surface area contributed by atoms with E-state index in [1.165, 1.54) is 44.0 Å². The highest BCUT2D eigenvalue weighted by Gasteiger charge is 2.37. The Morgan fingerprint density at radius 2 is 1.76 bits per heavy atom. The lowest BCUT2D eigenvalue weighted by Crippen LogP contribution is -2.35. The minimum atomic E-state index is -1.57. The molecule has 1 aromatic heterocycles. The zero-order valence-electron chi connectivity index (χ0n) is 22.2. The van der Waals surface area contributed by atoms with Crippen LogP contribution in [0.15, 0.2) is 35.1 Å². The molecule has 1 N–H and O–H groups in total. The number of carboxylic acid groups (broad SMARTS) is 1. The van der Waals surface area contributed by atoms with E-state index in [2.05, 4.69) is 5.10 Å². The van der Waals surface area contributed by atoms with Gasteiger partial charge in [-0.3, -0.25) is 14.4 Å². The van der Waals surface area contributed by atoms with Crippen LogP contribution in [0.4, 0.5) is 8.78 Å². The number of halogens is 3. The van der Waals surface area contributed by atoms with Crippen molar-refractivity contribution in [3.8, 4) is 11.1 Å². The van der Waals surface area contributed by atoms with E-state index in [1.54, 1.807) is 27.0 Å². The first-order valence-electron chi connectivity index (χ1n) is 12.0. The summed E-state index contributed by atoms with van der Waals surface area (Å²) >= 11 is 6.50. The Balaban J connectivity index is 2.15. The average Bonchev–Trinajstić information content (AvgIpc) is 2.85. The number of amides is 1. The molecule has 0 bridgehead atoms. The first-order valence-corrected chi connectivity index (χ1v) is 12.4. The fourth-order valence-corrected chi connectivity index (χ4v) is 4.74. The van der Waals surface area contributed by atoms with Gasteiger partial charge in [0.05, 0.1) is 22.2 Å². The number of carboxylic acids is 1. The molecule has 0 fully saturated rings. The lowest BCUT2D eigenvalue weighted by molar-refractivity contribution is -0.142. The van der Waals surface area contributed by atoms with Crippen LogP contribution >= 0.6 is 11.6 Å². The number of hydrogen-bond acceptors (Lipinski definition) is 4. The second-order valence-electron chi connectivity index (χ2n) is 9.71. The van der Waals surface area contributed by atoms with Crippen LogP contribution in [0.25, 0.3) is 11.1 Å². The number of rotatable bonds is 8. The van der Waals surface area contributed by atoms with Crippen molar-refractivity contribution in [1.82, 2.24) is 14.7 Å². The van der Waals surface area contributed by atoms with Gasteiger partial charge >= 0.3 is 5.97 Å². The van der Waals surface area contributed by atoms with Gasteiger partial charge in [-0.1, -0.05) is 17.7 Å². The monoisotopic (exact) mass is 545 g/mol. The Labute approximate surface area is 224 Å². The molecule has 38 heavy (non-hydrogen) atoms. The van der Waals surface area contributed by atoms with Crippen LogP contribution in [0.5, 0.6) is 0 Å². The molecule has 202 valence electrons. The average molecular weight is 546 g/mol. The van der Waals surface area contributed by atoms with Gasteiger partial charge in [0.2, 0.25) is 0 Å². The Morgan fingerprint density at radius 1 is 1.11 bits per heavy atom. The Bertz CT molecular complexity index is 1480. The van der Waals surface area contributed by atoms with E-state index in [1.807, 2.05) is 0 Å². The van der Waals surface area contributed by atoms with Crippen molar-refractivity contribution in [2.75, 3.05) is 13.6 Å². The van der Waals surface area contributed by atoms with E-state index in [4.69, 9.17) is 11.6 Å². The smallest absolute Gasteiger partial charge is 0.313 e. The SMILES string of the molecule is CCN(C)C(=O)c1ccc(CCc2c(Cl)ccc(F)c2-c2c(C(C)(C)C(=O)O)c(C)nn(C)c2=O)cc1F. The van der Waals surface area contributed by atoms with Gasteiger partial charge < -0.3 is 10.0 Å². The topological polar surface area (TPSA) is 92.5 Å². The number of aryl methyl sites for hydroxylation is 3. The van der Waals surface area contributed by atoms with E-state index >= 15 is 4.39 Å².